The minimum atomic E-state index is -5.37. The highest BCUT2D eigenvalue weighted by Crippen LogP contribution is 2.40. The molecule has 29 heteroatoms. The number of esters is 6. The summed E-state index contributed by atoms with van der Waals surface area (Å²) >= 11 is 0. The second kappa shape index (κ2) is 28.0. The number of carbonyl (C=O) groups is 6. The first kappa shape index (κ1) is 69.9. The third kappa shape index (κ3) is 30.4. The molecule has 0 N–H and O–H groups in total. The third-order valence-corrected chi connectivity index (χ3v) is 9.26. The van der Waals surface area contributed by atoms with Crippen LogP contribution in [-0.2, 0) is 57.2 Å². The van der Waals surface area contributed by atoms with E-state index >= 15 is 0 Å². The Kier molecular flexibility index (Phi) is 28.0. The Balaban J connectivity index is -0.000000966. The number of rotatable bonds is 27. The predicted molar refractivity (Wildman–Crippen MR) is 208 cm³/mol. The highest BCUT2D eigenvalue weighted by molar-refractivity contribution is 5.79. The molecule has 0 aliphatic heterocycles. The van der Waals surface area contributed by atoms with Crippen LogP contribution in [-0.4, -0.2) is 124 Å². The van der Waals surface area contributed by atoms with Gasteiger partial charge in [-0.15, -0.1) is 0 Å². The largest absolute Gasteiger partial charge is 0.462 e. The number of hydrogen-bond donors (Lipinski definition) is 0. The molecule has 0 aromatic carbocycles. The van der Waals surface area contributed by atoms with E-state index in [0.717, 1.165) is 0 Å². The van der Waals surface area contributed by atoms with Gasteiger partial charge in [-0.25, -0.2) is 49.5 Å². The van der Waals surface area contributed by atoms with Crippen LogP contribution in [0, 0.1) is 16.2 Å². The maximum atomic E-state index is 13.3. The van der Waals surface area contributed by atoms with Crippen molar-refractivity contribution in [2.75, 3.05) is 39.6 Å². The first-order valence-electron chi connectivity index (χ1n) is 20.7. The van der Waals surface area contributed by atoms with E-state index in [-0.39, 0.29) is 6.92 Å². The van der Waals surface area contributed by atoms with Gasteiger partial charge in [0.25, 0.3) is 17.8 Å². The Morgan fingerprint density at radius 3 is 0.800 bits per heavy atom. The zero-order chi connectivity index (χ0) is 56.2. The molecule has 0 unspecified atom stereocenters. The summed E-state index contributed by atoms with van der Waals surface area (Å²) in [6.45, 7) is 11.3. The first-order valence-corrected chi connectivity index (χ1v) is 20.7. The van der Waals surface area contributed by atoms with Crippen LogP contribution in [0.5, 0.6) is 0 Å². The molecule has 0 radical (unpaired) electrons. The smallest absolute Gasteiger partial charge is 0.394 e. The summed E-state index contributed by atoms with van der Waals surface area (Å²) in [5.74, 6) is -35.3. The summed E-state index contributed by atoms with van der Waals surface area (Å²) in [5.41, 5.74) is -2.41. The SMILES string of the molecule is CCC(C)(C)C(=O)OCCOC(=O)C(F)(F)CC(C)(F)F.CCC(C)(C)C(=O)OCCOC(=O)C(F)(F)CC(F)(F)CC(F)(F)F.CCC(C)(C)C(=O)OCCOC(=O)C(F)(F)CC(F)(F)CC(F)F. The Labute approximate surface area is 392 Å². The second-order valence-electron chi connectivity index (χ2n) is 17.3. The molecule has 0 aromatic rings. The van der Waals surface area contributed by atoms with Crippen LogP contribution in [0.4, 0.5) is 74.6 Å². The summed E-state index contributed by atoms with van der Waals surface area (Å²) < 4.78 is 242. The molecule has 0 aromatic heterocycles. The molecule has 0 heterocycles. The summed E-state index contributed by atoms with van der Waals surface area (Å²) in [6.07, 6.45) is -19.3. The molecule has 12 nitrogen and oxygen atoms in total. The van der Waals surface area contributed by atoms with E-state index in [0.29, 0.717) is 19.3 Å². The summed E-state index contributed by atoms with van der Waals surface area (Å²) in [4.78, 5) is 67.8. The predicted octanol–water partition coefficient (Wildman–Crippen LogP) is 11.1. The van der Waals surface area contributed by atoms with Crippen LogP contribution >= 0.6 is 0 Å². The highest BCUT2D eigenvalue weighted by Gasteiger charge is 2.54. The van der Waals surface area contributed by atoms with Crippen LogP contribution in [0.2, 0.25) is 0 Å². The summed E-state index contributed by atoms with van der Waals surface area (Å²) in [5, 5.41) is 0. The van der Waals surface area contributed by atoms with Gasteiger partial charge >= 0.3 is 59.8 Å². The van der Waals surface area contributed by atoms with Gasteiger partial charge < -0.3 is 28.4 Å². The van der Waals surface area contributed by atoms with Gasteiger partial charge in [-0.3, -0.25) is 14.4 Å². The van der Waals surface area contributed by atoms with Crippen molar-refractivity contribution >= 4 is 35.8 Å². The maximum absolute atomic E-state index is 13.3. The minimum Gasteiger partial charge on any atom is -0.462 e. The van der Waals surface area contributed by atoms with Crippen LogP contribution in [0.15, 0.2) is 0 Å². The van der Waals surface area contributed by atoms with E-state index < -0.39 is 172 Å². The molecule has 0 saturated heterocycles. The van der Waals surface area contributed by atoms with E-state index in [2.05, 4.69) is 18.9 Å². The van der Waals surface area contributed by atoms with Crippen LogP contribution in [0.1, 0.15) is 121 Å². The molecule has 0 aliphatic rings. The molecule has 0 fully saturated rings. The van der Waals surface area contributed by atoms with E-state index in [1.807, 2.05) is 0 Å². The number of alkyl halides is 17. The van der Waals surface area contributed by atoms with Gasteiger partial charge in [-0.05, 0) is 67.7 Å². The van der Waals surface area contributed by atoms with Crippen LogP contribution < -0.4 is 0 Å². The van der Waals surface area contributed by atoms with Crippen molar-refractivity contribution < 1.29 is 132 Å². The van der Waals surface area contributed by atoms with Crippen molar-refractivity contribution in [3.63, 3.8) is 0 Å². The average molecular weight is 1070 g/mol. The molecule has 0 spiro atoms. The molecule has 70 heavy (non-hydrogen) atoms. The van der Waals surface area contributed by atoms with Gasteiger partial charge in [0.2, 0.25) is 6.43 Å². The fourth-order valence-corrected chi connectivity index (χ4v) is 4.05. The molecule has 0 rings (SSSR count). The number of hydrogen-bond acceptors (Lipinski definition) is 12. The number of halogens is 17. The molecule has 0 atom stereocenters. The van der Waals surface area contributed by atoms with Gasteiger partial charge in [-0.1, -0.05) is 20.8 Å². The lowest BCUT2D eigenvalue weighted by Gasteiger charge is -2.23. The van der Waals surface area contributed by atoms with E-state index in [4.69, 9.17) is 9.47 Å². The Bertz CT molecular complexity index is 1660. The Morgan fingerprint density at radius 2 is 0.586 bits per heavy atom. The van der Waals surface area contributed by atoms with Gasteiger partial charge in [0, 0.05) is 0 Å². The molecule has 0 amide bonds. The average Bonchev–Trinajstić information content (AvgIpc) is 3.16. The topological polar surface area (TPSA) is 158 Å². The standard InChI is InChI=1S/C14H19F7O4.C14H20F6O4.C13H20F4O4/c1-4-11(2,3)9(22)24-5-6-25-10(23)13(17,18)7-12(15,16)8-14(19,20)21;1-4-12(2,3)10(21)23-5-6-24-11(22)14(19,20)8-13(17,18)7-9(15)16;1-5-11(2,3)9(18)20-6-7-21-10(19)13(16,17)8-12(4,14)15/h4-8H2,1-3H3;9H,4-8H2,1-3H3;5-8H2,1-4H3. The van der Waals surface area contributed by atoms with E-state index in [1.165, 1.54) is 0 Å². The lowest BCUT2D eigenvalue weighted by molar-refractivity contribution is -0.214. The Morgan fingerprint density at radius 1 is 0.357 bits per heavy atom. The van der Waals surface area contributed by atoms with Crippen molar-refractivity contribution in [2.24, 2.45) is 16.2 Å². The fraction of sp³-hybridized carbons (Fsp3) is 0.854. The lowest BCUT2D eigenvalue weighted by atomic mass is 9.91. The third-order valence-electron chi connectivity index (χ3n) is 9.26. The molecule has 0 saturated carbocycles. The van der Waals surface area contributed by atoms with Crippen molar-refractivity contribution in [3.8, 4) is 0 Å². The maximum Gasteiger partial charge on any atom is 0.394 e. The molecule has 0 aliphatic carbocycles. The number of carbonyl (C=O) groups excluding carboxylic acids is 6. The zero-order valence-corrected chi connectivity index (χ0v) is 39.8. The van der Waals surface area contributed by atoms with Crippen molar-refractivity contribution in [1.82, 2.24) is 0 Å². The van der Waals surface area contributed by atoms with Crippen molar-refractivity contribution in [1.29, 1.82) is 0 Å². The first-order chi connectivity index (χ1) is 31.1. The van der Waals surface area contributed by atoms with Gasteiger partial charge in [0.1, 0.15) is 46.1 Å². The van der Waals surface area contributed by atoms with Gasteiger partial charge in [0.15, 0.2) is 0 Å². The molecular weight excluding hydrogens is 1010 g/mol. The second-order valence-corrected chi connectivity index (χ2v) is 17.3. The van der Waals surface area contributed by atoms with Gasteiger partial charge in [-0.2, -0.15) is 39.5 Å². The molecule has 414 valence electrons. The highest BCUT2D eigenvalue weighted by atomic mass is 19.4. The van der Waals surface area contributed by atoms with Gasteiger partial charge in [0.05, 0.1) is 41.9 Å². The zero-order valence-electron chi connectivity index (χ0n) is 39.8. The lowest BCUT2D eigenvalue weighted by Crippen LogP contribution is -2.40. The molecule has 0 bridgehead atoms. The van der Waals surface area contributed by atoms with Crippen LogP contribution in [0.3, 0.4) is 0 Å². The van der Waals surface area contributed by atoms with E-state index in [9.17, 15) is 103 Å². The monoisotopic (exact) mass is 1070 g/mol. The van der Waals surface area contributed by atoms with Crippen LogP contribution in [0.25, 0.3) is 0 Å². The fourth-order valence-electron chi connectivity index (χ4n) is 4.05. The Hall–Kier alpha value is -4.37. The van der Waals surface area contributed by atoms with E-state index in [1.54, 1.807) is 62.3 Å². The molecular formula is C41H59F17O12. The normalized spacial score (nSPS) is 13.2. The quantitative estimate of drug-likeness (QED) is 0.0332. The minimum absolute atomic E-state index is 0.281. The summed E-state index contributed by atoms with van der Waals surface area (Å²) in [6, 6.07) is 0. The van der Waals surface area contributed by atoms with Crippen molar-refractivity contribution in [3.05, 3.63) is 0 Å². The number of ether oxygens (including phenoxy) is 6. The van der Waals surface area contributed by atoms with Crippen molar-refractivity contribution in [2.45, 2.75) is 169 Å². The summed E-state index contributed by atoms with van der Waals surface area (Å²) in [7, 11) is 0.